The van der Waals surface area contributed by atoms with Crippen molar-refractivity contribution in [1.29, 1.82) is 5.26 Å². The van der Waals surface area contributed by atoms with E-state index < -0.39 is 0 Å². The molecule has 0 radical (unpaired) electrons. The highest BCUT2D eigenvalue weighted by Crippen LogP contribution is 2.23. The first-order valence-electron chi connectivity index (χ1n) is 7.36. The van der Waals surface area contributed by atoms with Crippen LogP contribution in [0.4, 0.5) is 5.82 Å². The largest absolute Gasteiger partial charge is 0.477 e. The van der Waals surface area contributed by atoms with Crippen molar-refractivity contribution >= 4 is 5.82 Å². The van der Waals surface area contributed by atoms with E-state index in [-0.39, 0.29) is 0 Å². The van der Waals surface area contributed by atoms with Crippen LogP contribution in [0, 0.1) is 17.2 Å². The Labute approximate surface area is 129 Å². The van der Waals surface area contributed by atoms with Crippen LogP contribution in [-0.2, 0) is 0 Å². The molecule has 1 unspecified atom stereocenters. The van der Waals surface area contributed by atoms with Crippen molar-refractivity contribution in [3.63, 3.8) is 0 Å². The van der Waals surface area contributed by atoms with Gasteiger partial charge in [0.15, 0.2) is 11.5 Å². The van der Waals surface area contributed by atoms with Gasteiger partial charge in [-0.2, -0.15) is 5.26 Å². The summed E-state index contributed by atoms with van der Waals surface area (Å²) in [7, 11) is 0. The summed E-state index contributed by atoms with van der Waals surface area (Å²) in [5.74, 6) is 1.72. The summed E-state index contributed by atoms with van der Waals surface area (Å²) >= 11 is 0. The summed E-state index contributed by atoms with van der Waals surface area (Å²) < 4.78 is 5.75. The molecule has 1 atom stereocenters. The van der Waals surface area contributed by atoms with Crippen molar-refractivity contribution in [1.82, 2.24) is 15.0 Å². The van der Waals surface area contributed by atoms with E-state index in [1.54, 1.807) is 18.6 Å². The molecule has 112 valence electrons. The van der Waals surface area contributed by atoms with Gasteiger partial charge >= 0.3 is 0 Å². The number of aromatic nitrogens is 3. The van der Waals surface area contributed by atoms with Gasteiger partial charge < -0.3 is 9.64 Å². The molecule has 2 aromatic heterocycles. The number of hydrogen-bond donors (Lipinski definition) is 0. The number of anilines is 1. The van der Waals surface area contributed by atoms with Crippen LogP contribution in [0.2, 0.25) is 0 Å². The highest BCUT2D eigenvalue weighted by atomic mass is 16.5. The van der Waals surface area contributed by atoms with Gasteiger partial charge in [0.1, 0.15) is 6.07 Å². The quantitative estimate of drug-likeness (QED) is 0.859. The second-order valence-corrected chi connectivity index (χ2v) is 5.27. The van der Waals surface area contributed by atoms with E-state index in [1.165, 1.54) is 0 Å². The Hall–Kier alpha value is -2.68. The van der Waals surface area contributed by atoms with Gasteiger partial charge in [0.05, 0.1) is 6.61 Å². The Morgan fingerprint density at radius 1 is 1.23 bits per heavy atom. The average molecular weight is 295 g/mol. The molecule has 0 spiro atoms. The zero-order valence-electron chi connectivity index (χ0n) is 12.2. The van der Waals surface area contributed by atoms with Gasteiger partial charge in [0.2, 0.25) is 5.88 Å². The maximum absolute atomic E-state index is 9.15. The molecule has 1 fully saturated rings. The van der Waals surface area contributed by atoms with Gasteiger partial charge in [-0.05, 0) is 18.9 Å². The zero-order chi connectivity index (χ0) is 15.2. The van der Waals surface area contributed by atoms with E-state index in [1.807, 2.05) is 18.2 Å². The van der Waals surface area contributed by atoms with Crippen LogP contribution in [0.1, 0.15) is 18.5 Å². The Morgan fingerprint density at radius 3 is 2.95 bits per heavy atom. The maximum Gasteiger partial charge on any atom is 0.213 e. The highest BCUT2D eigenvalue weighted by molar-refractivity contribution is 5.49. The molecule has 3 heterocycles. The topological polar surface area (TPSA) is 74.9 Å². The number of nitrogens with zero attached hydrogens (tertiary/aromatic N) is 5. The van der Waals surface area contributed by atoms with E-state index in [0.717, 1.165) is 25.9 Å². The smallest absolute Gasteiger partial charge is 0.213 e. The monoisotopic (exact) mass is 295 g/mol. The molecule has 2 aromatic rings. The lowest BCUT2D eigenvalue weighted by Gasteiger charge is -2.33. The lowest BCUT2D eigenvalue weighted by atomic mass is 9.99. The average Bonchev–Trinajstić information content (AvgIpc) is 2.61. The normalized spacial score (nSPS) is 17.8. The molecule has 3 rings (SSSR count). The molecule has 1 saturated heterocycles. The van der Waals surface area contributed by atoms with Gasteiger partial charge in [-0.1, -0.05) is 6.07 Å². The Kier molecular flexibility index (Phi) is 4.44. The van der Waals surface area contributed by atoms with Crippen LogP contribution in [0.5, 0.6) is 5.88 Å². The molecule has 0 bridgehead atoms. The summed E-state index contributed by atoms with van der Waals surface area (Å²) in [6.45, 7) is 2.34. The molecule has 0 amide bonds. The predicted molar refractivity (Wildman–Crippen MR) is 81.4 cm³/mol. The Bertz CT molecular complexity index is 655. The molecule has 22 heavy (non-hydrogen) atoms. The van der Waals surface area contributed by atoms with E-state index in [2.05, 4.69) is 25.9 Å². The first kappa shape index (κ1) is 14.3. The maximum atomic E-state index is 9.15. The Morgan fingerprint density at radius 2 is 2.14 bits per heavy atom. The fourth-order valence-corrected chi connectivity index (χ4v) is 2.67. The lowest BCUT2D eigenvalue weighted by Crippen LogP contribution is -2.38. The van der Waals surface area contributed by atoms with Crippen LogP contribution in [0.15, 0.2) is 36.8 Å². The van der Waals surface area contributed by atoms with Crippen LogP contribution in [0.3, 0.4) is 0 Å². The SMILES string of the molecule is N#Cc1nccnc1N1CCCC(COc2ccccn2)C1. The minimum atomic E-state index is 0.383. The van der Waals surface area contributed by atoms with Crippen LogP contribution in [-0.4, -0.2) is 34.6 Å². The third-order valence-corrected chi connectivity index (χ3v) is 3.71. The molecular formula is C16H17N5O. The predicted octanol–water partition coefficient (Wildman–Crippen LogP) is 2.04. The number of rotatable bonds is 4. The van der Waals surface area contributed by atoms with Gasteiger partial charge in [0, 0.05) is 43.7 Å². The summed E-state index contributed by atoms with van der Waals surface area (Å²) in [6, 6.07) is 7.75. The molecule has 1 aliphatic rings. The second-order valence-electron chi connectivity index (χ2n) is 5.27. The molecule has 6 heteroatoms. The van der Waals surface area contributed by atoms with Crippen molar-refractivity contribution in [3.05, 3.63) is 42.5 Å². The summed E-state index contributed by atoms with van der Waals surface area (Å²) in [5.41, 5.74) is 0.383. The third kappa shape index (κ3) is 3.31. The number of pyridine rings is 1. The molecule has 0 aliphatic carbocycles. The van der Waals surface area contributed by atoms with Gasteiger partial charge in [0.25, 0.3) is 0 Å². The molecule has 0 saturated carbocycles. The first-order chi connectivity index (χ1) is 10.9. The number of piperidine rings is 1. The zero-order valence-corrected chi connectivity index (χ0v) is 12.2. The van der Waals surface area contributed by atoms with Crippen molar-refractivity contribution in [2.75, 3.05) is 24.6 Å². The minimum Gasteiger partial charge on any atom is -0.477 e. The van der Waals surface area contributed by atoms with E-state index in [9.17, 15) is 0 Å². The second kappa shape index (κ2) is 6.85. The molecular weight excluding hydrogens is 278 g/mol. The van der Waals surface area contributed by atoms with E-state index in [0.29, 0.717) is 29.9 Å². The molecule has 0 aromatic carbocycles. The number of nitriles is 1. The summed E-state index contributed by atoms with van der Waals surface area (Å²) in [4.78, 5) is 14.7. The molecule has 1 aliphatic heterocycles. The van der Waals surface area contributed by atoms with Crippen molar-refractivity contribution in [3.8, 4) is 11.9 Å². The Balaban J connectivity index is 1.63. The van der Waals surface area contributed by atoms with E-state index >= 15 is 0 Å². The number of hydrogen-bond acceptors (Lipinski definition) is 6. The molecule has 6 nitrogen and oxygen atoms in total. The lowest BCUT2D eigenvalue weighted by molar-refractivity contribution is 0.221. The fourth-order valence-electron chi connectivity index (χ4n) is 2.67. The van der Waals surface area contributed by atoms with Crippen molar-refractivity contribution in [2.45, 2.75) is 12.8 Å². The fraction of sp³-hybridized carbons (Fsp3) is 0.375. The van der Waals surface area contributed by atoms with Gasteiger partial charge in [-0.3, -0.25) is 0 Å². The summed E-state index contributed by atoms with van der Waals surface area (Å²) in [5, 5.41) is 9.15. The van der Waals surface area contributed by atoms with E-state index in [4.69, 9.17) is 10.00 Å². The van der Waals surface area contributed by atoms with Gasteiger partial charge in [-0.15, -0.1) is 0 Å². The third-order valence-electron chi connectivity index (χ3n) is 3.71. The highest BCUT2D eigenvalue weighted by Gasteiger charge is 2.23. The van der Waals surface area contributed by atoms with Gasteiger partial charge in [-0.25, -0.2) is 15.0 Å². The number of ether oxygens (including phenoxy) is 1. The molecule has 0 N–H and O–H groups in total. The minimum absolute atomic E-state index is 0.383. The van der Waals surface area contributed by atoms with Crippen LogP contribution in [0.25, 0.3) is 0 Å². The van der Waals surface area contributed by atoms with Crippen LogP contribution < -0.4 is 9.64 Å². The first-order valence-corrected chi connectivity index (χ1v) is 7.36. The summed E-state index contributed by atoms with van der Waals surface area (Å²) in [6.07, 6.45) is 7.06. The van der Waals surface area contributed by atoms with Crippen molar-refractivity contribution in [2.24, 2.45) is 5.92 Å². The van der Waals surface area contributed by atoms with Crippen LogP contribution >= 0.6 is 0 Å². The standard InChI is InChI=1S/C16H17N5O/c17-10-14-16(20-8-7-18-14)21-9-3-4-13(11-21)12-22-15-5-1-2-6-19-15/h1-2,5-8,13H,3-4,9,11-12H2. The van der Waals surface area contributed by atoms with Crippen molar-refractivity contribution < 1.29 is 4.74 Å².